The number of carboxylic acids is 1. The molecule has 0 aliphatic rings. The molecular formula is C24H22F5N7O4S. The zero-order valence-corrected chi connectivity index (χ0v) is 22.1. The van der Waals surface area contributed by atoms with Gasteiger partial charge in [-0.2, -0.15) is 18.4 Å². The number of rotatable bonds is 10. The lowest BCUT2D eigenvalue weighted by Gasteiger charge is -2.15. The van der Waals surface area contributed by atoms with E-state index in [1.807, 2.05) is 0 Å². The Kier molecular flexibility index (Phi) is 10.9. The molecule has 0 saturated carbocycles. The summed E-state index contributed by atoms with van der Waals surface area (Å²) in [5.41, 5.74) is 0.675. The lowest BCUT2D eigenvalue weighted by molar-refractivity contribution is -0.192. The largest absolute Gasteiger partial charge is 0.490 e. The van der Waals surface area contributed by atoms with Gasteiger partial charge in [0.15, 0.2) is 23.1 Å². The third-order valence-electron chi connectivity index (χ3n) is 4.86. The van der Waals surface area contributed by atoms with Crippen molar-refractivity contribution in [2.24, 2.45) is 0 Å². The number of carbonyl (C=O) groups is 1. The lowest BCUT2D eigenvalue weighted by atomic mass is 10.2. The fourth-order valence-corrected chi connectivity index (χ4v) is 3.89. The van der Waals surface area contributed by atoms with Gasteiger partial charge in [0.2, 0.25) is 5.82 Å². The molecule has 1 atom stereocenters. The smallest absolute Gasteiger partial charge is 0.475 e. The Bertz CT molecular complexity index is 1430. The van der Waals surface area contributed by atoms with Crippen LogP contribution in [0.5, 0.6) is 11.5 Å². The molecular weight excluding hydrogens is 577 g/mol. The van der Waals surface area contributed by atoms with Gasteiger partial charge in [0.25, 0.3) is 0 Å². The number of ether oxygens (including phenoxy) is 2. The molecule has 0 bridgehead atoms. The highest BCUT2D eigenvalue weighted by Crippen LogP contribution is 2.36. The summed E-state index contributed by atoms with van der Waals surface area (Å²) < 4.78 is 70.3. The standard InChI is InChI=1S/C22H21F2N7O2S.C2HF3O2/c1-13(7-8-32-2)34-16-10-19(33-18-5-4-15(23)9-17(18)24)22(26-12-16)27-20-6-3-14(11-25-20)21-28-30-31-29-21;3-2(4,5)1(6)7/h3-6,9-13H,7-8H2,1-2H3,(H,25,26,27)(H,28,29,30,31);(H,6,7). The Balaban J connectivity index is 0.000000587. The van der Waals surface area contributed by atoms with Crippen LogP contribution >= 0.6 is 11.8 Å². The van der Waals surface area contributed by atoms with E-state index in [9.17, 15) is 22.0 Å². The van der Waals surface area contributed by atoms with Gasteiger partial charge in [0.05, 0.1) is 0 Å². The molecule has 0 aliphatic carbocycles. The van der Waals surface area contributed by atoms with Crippen molar-refractivity contribution in [2.45, 2.75) is 29.7 Å². The second-order valence-corrected chi connectivity index (χ2v) is 9.51. The quantitative estimate of drug-likeness (QED) is 0.154. The van der Waals surface area contributed by atoms with E-state index in [2.05, 4.69) is 42.8 Å². The normalized spacial score (nSPS) is 11.8. The molecule has 4 rings (SSSR count). The number of tetrazole rings is 1. The number of nitrogens with one attached hydrogen (secondary N) is 2. The summed E-state index contributed by atoms with van der Waals surface area (Å²) in [6.07, 6.45) is -0.965. The topological polar surface area (TPSA) is 148 Å². The number of hydrogen-bond donors (Lipinski definition) is 3. The molecule has 0 aliphatic heterocycles. The summed E-state index contributed by atoms with van der Waals surface area (Å²) in [7, 11) is 1.66. The van der Waals surface area contributed by atoms with Crippen LogP contribution in [0.25, 0.3) is 11.4 Å². The number of carboxylic acid groups (broad SMARTS) is 1. The number of pyridine rings is 2. The van der Waals surface area contributed by atoms with Gasteiger partial charge in [0, 0.05) is 47.9 Å². The van der Waals surface area contributed by atoms with Crippen LogP contribution in [0.15, 0.2) is 53.7 Å². The summed E-state index contributed by atoms with van der Waals surface area (Å²) in [5, 5.41) is 24.2. The van der Waals surface area contributed by atoms with Crippen LogP contribution in [0, 0.1) is 11.6 Å². The first-order chi connectivity index (χ1) is 19.5. The summed E-state index contributed by atoms with van der Waals surface area (Å²) in [5.74, 6) is -2.93. The maximum Gasteiger partial charge on any atom is 0.490 e. The SMILES string of the molecule is COCCC(C)Sc1cnc(Nc2ccc(-c3nn[nH]n3)cn2)c(Oc2ccc(F)cc2F)c1.O=C(O)C(F)(F)F. The maximum atomic E-state index is 14.3. The van der Waals surface area contributed by atoms with Crippen LogP contribution < -0.4 is 10.1 Å². The van der Waals surface area contributed by atoms with Gasteiger partial charge in [-0.25, -0.2) is 23.5 Å². The summed E-state index contributed by atoms with van der Waals surface area (Å²) in [4.78, 5) is 18.5. The van der Waals surface area contributed by atoms with E-state index in [0.717, 1.165) is 23.4 Å². The van der Waals surface area contributed by atoms with Gasteiger partial charge in [-0.3, -0.25) is 0 Å². The molecule has 11 nitrogen and oxygen atoms in total. The second kappa shape index (κ2) is 14.3. The third kappa shape index (κ3) is 9.64. The van der Waals surface area contributed by atoms with Gasteiger partial charge in [0.1, 0.15) is 11.6 Å². The van der Waals surface area contributed by atoms with Crippen LogP contribution in [0.4, 0.5) is 33.6 Å². The van der Waals surface area contributed by atoms with Crippen LogP contribution in [0.1, 0.15) is 13.3 Å². The van der Waals surface area contributed by atoms with E-state index in [1.54, 1.807) is 49.5 Å². The van der Waals surface area contributed by atoms with Crippen LogP contribution in [-0.2, 0) is 9.53 Å². The average molecular weight is 600 g/mol. The fourth-order valence-electron chi connectivity index (χ4n) is 2.92. The highest BCUT2D eigenvalue weighted by atomic mass is 32.2. The number of methoxy groups -OCH3 is 1. The molecule has 17 heteroatoms. The summed E-state index contributed by atoms with van der Waals surface area (Å²) in [6.45, 7) is 2.71. The molecule has 0 fully saturated rings. The molecule has 3 aromatic heterocycles. The van der Waals surface area contributed by atoms with Gasteiger partial charge < -0.3 is 19.9 Å². The van der Waals surface area contributed by atoms with Crippen molar-refractivity contribution in [3.63, 3.8) is 0 Å². The number of halogens is 5. The molecule has 3 heterocycles. The molecule has 41 heavy (non-hydrogen) atoms. The van der Waals surface area contributed by atoms with Gasteiger partial charge >= 0.3 is 12.1 Å². The van der Waals surface area contributed by atoms with Crippen molar-refractivity contribution in [3.8, 4) is 22.9 Å². The number of anilines is 2. The second-order valence-electron chi connectivity index (χ2n) is 8.00. The lowest BCUT2D eigenvalue weighted by Crippen LogP contribution is -2.21. The number of aromatic amines is 1. The number of aromatic nitrogens is 6. The monoisotopic (exact) mass is 599 g/mol. The Hall–Kier alpha value is -4.38. The number of H-pyrrole nitrogens is 1. The molecule has 0 radical (unpaired) electrons. The van der Waals surface area contributed by atoms with Crippen molar-refractivity contribution in [3.05, 3.63) is 60.4 Å². The third-order valence-corrected chi connectivity index (χ3v) is 6.00. The molecule has 4 aromatic rings. The number of nitrogens with zero attached hydrogens (tertiary/aromatic N) is 5. The van der Waals surface area contributed by atoms with E-state index in [4.69, 9.17) is 19.4 Å². The van der Waals surface area contributed by atoms with E-state index < -0.39 is 23.8 Å². The van der Waals surface area contributed by atoms with E-state index >= 15 is 0 Å². The average Bonchev–Trinajstić information content (AvgIpc) is 3.46. The molecule has 1 unspecified atom stereocenters. The van der Waals surface area contributed by atoms with Crippen LogP contribution in [0.2, 0.25) is 0 Å². The van der Waals surface area contributed by atoms with E-state index in [-0.39, 0.29) is 16.7 Å². The highest BCUT2D eigenvalue weighted by Gasteiger charge is 2.38. The van der Waals surface area contributed by atoms with E-state index in [0.29, 0.717) is 29.6 Å². The van der Waals surface area contributed by atoms with Crippen LogP contribution in [0.3, 0.4) is 0 Å². The van der Waals surface area contributed by atoms with Gasteiger partial charge in [-0.15, -0.1) is 22.0 Å². The predicted molar refractivity (Wildman–Crippen MR) is 137 cm³/mol. The Morgan fingerprint density at radius 2 is 1.88 bits per heavy atom. The summed E-state index contributed by atoms with van der Waals surface area (Å²) in [6, 6.07) is 8.35. The highest BCUT2D eigenvalue weighted by molar-refractivity contribution is 7.99. The fraction of sp³-hybridized carbons (Fsp3) is 0.250. The molecule has 0 amide bonds. The van der Waals surface area contributed by atoms with Crippen molar-refractivity contribution < 1.29 is 41.3 Å². The van der Waals surface area contributed by atoms with Crippen molar-refractivity contribution in [1.29, 1.82) is 0 Å². The van der Waals surface area contributed by atoms with Gasteiger partial charge in [-0.05, 0) is 42.0 Å². The number of hydrogen-bond acceptors (Lipinski definition) is 10. The van der Waals surface area contributed by atoms with E-state index in [1.165, 1.54) is 6.07 Å². The Morgan fingerprint density at radius 1 is 1.12 bits per heavy atom. The molecule has 218 valence electrons. The minimum absolute atomic E-state index is 0.124. The van der Waals surface area contributed by atoms with Gasteiger partial charge in [-0.1, -0.05) is 6.92 Å². The van der Waals surface area contributed by atoms with Crippen molar-refractivity contribution >= 4 is 29.4 Å². The minimum atomic E-state index is -5.08. The predicted octanol–water partition coefficient (Wildman–Crippen LogP) is 5.62. The number of benzene rings is 1. The molecule has 1 aromatic carbocycles. The first kappa shape index (κ1) is 31.2. The Morgan fingerprint density at radius 3 is 2.46 bits per heavy atom. The summed E-state index contributed by atoms with van der Waals surface area (Å²) >= 11 is 1.59. The Labute approximate surface area is 233 Å². The first-order valence-corrected chi connectivity index (χ1v) is 12.4. The van der Waals surface area contributed by atoms with Crippen molar-refractivity contribution in [1.82, 2.24) is 30.6 Å². The van der Waals surface area contributed by atoms with Crippen molar-refractivity contribution in [2.75, 3.05) is 19.0 Å². The number of thioether (sulfide) groups is 1. The zero-order chi connectivity index (χ0) is 30.0. The maximum absolute atomic E-state index is 14.3. The number of aliphatic carboxylic acids is 1. The zero-order valence-electron chi connectivity index (χ0n) is 21.3. The molecule has 3 N–H and O–H groups in total. The van der Waals surface area contributed by atoms with Crippen LogP contribution in [-0.4, -0.2) is 66.8 Å². The number of alkyl halides is 3. The first-order valence-electron chi connectivity index (χ1n) is 11.5. The molecule has 0 saturated heterocycles. The minimum Gasteiger partial charge on any atom is -0.475 e. The molecule has 0 spiro atoms.